The topological polar surface area (TPSA) is 47.8 Å². The second-order valence-electron chi connectivity index (χ2n) is 6.85. The van der Waals surface area contributed by atoms with E-state index in [9.17, 15) is 4.79 Å². The number of aryl methyl sites for hydroxylation is 2. The Morgan fingerprint density at radius 3 is 1.75 bits per heavy atom. The van der Waals surface area contributed by atoms with Crippen LogP contribution in [0, 0.1) is 13.8 Å². The third-order valence-corrected chi connectivity index (χ3v) is 5.24. The van der Waals surface area contributed by atoms with Crippen LogP contribution in [0.2, 0.25) is 0 Å². The van der Waals surface area contributed by atoms with Gasteiger partial charge in [-0.2, -0.15) is 0 Å². The molecule has 0 radical (unpaired) electrons. The van der Waals surface area contributed by atoms with Gasteiger partial charge in [-0.05, 0) is 50.3 Å². The average molecular weight is 324 g/mol. The Hall–Kier alpha value is -2.33. The zero-order valence-electron chi connectivity index (χ0n) is 14.3. The highest BCUT2D eigenvalue weighted by molar-refractivity contribution is 6.15. The molecule has 0 spiro atoms. The van der Waals surface area contributed by atoms with Crippen LogP contribution in [0.4, 0.5) is 0 Å². The largest absolute Gasteiger partial charge is 0.462 e. The maximum Gasteiger partial charge on any atom is 0.197 e. The summed E-state index contributed by atoms with van der Waals surface area (Å²) in [6.07, 6.45) is 5.91. The number of carbonyl (C=O) groups is 1. The molecule has 4 rings (SSSR count). The summed E-state index contributed by atoms with van der Waals surface area (Å²) < 4.78 is 11.3. The number of hydrogen-bond acceptors (Lipinski definition) is 3. The lowest BCUT2D eigenvalue weighted by atomic mass is 9.90. The summed E-state index contributed by atoms with van der Waals surface area (Å²) in [7, 11) is 2.18. The van der Waals surface area contributed by atoms with Crippen molar-refractivity contribution in [3.05, 3.63) is 58.5 Å². The first-order valence-corrected chi connectivity index (χ1v) is 8.47. The lowest BCUT2D eigenvalue weighted by molar-refractivity contribution is -0.906. The van der Waals surface area contributed by atoms with Gasteiger partial charge >= 0.3 is 0 Å². The summed E-state index contributed by atoms with van der Waals surface area (Å²) in [5.41, 5.74) is 1.70. The van der Waals surface area contributed by atoms with Crippen molar-refractivity contribution in [1.82, 2.24) is 0 Å². The van der Waals surface area contributed by atoms with E-state index in [4.69, 9.17) is 8.83 Å². The summed E-state index contributed by atoms with van der Waals surface area (Å²) in [5.74, 6) is 3.36. The van der Waals surface area contributed by atoms with E-state index in [2.05, 4.69) is 7.05 Å². The minimum atomic E-state index is 0.135. The minimum Gasteiger partial charge on any atom is -0.462 e. The fraction of sp³-hybridized carbons (Fsp3) is 0.350. The molecule has 4 heterocycles. The molecule has 4 heteroatoms. The molecule has 0 saturated carbocycles. The number of rotatable bonds is 2. The van der Waals surface area contributed by atoms with Crippen LogP contribution in [0.25, 0.3) is 12.2 Å². The zero-order chi connectivity index (χ0) is 16.8. The van der Waals surface area contributed by atoms with Crippen molar-refractivity contribution in [3.8, 4) is 0 Å². The molecule has 2 aromatic rings. The quantitative estimate of drug-likeness (QED) is 0.864. The van der Waals surface area contributed by atoms with Gasteiger partial charge in [-0.25, -0.2) is 0 Å². The lowest BCUT2D eigenvalue weighted by Crippen LogP contribution is -3.16. The number of hydrogen-bond donors (Lipinski definition) is 1. The minimum absolute atomic E-state index is 0.135. The van der Waals surface area contributed by atoms with E-state index in [-0.39, 0.29) is 17.9 Å². The number of piperidine rings is 1. The Bertz CT molecular complexity index is 784. The predicted octanol–water partition coefficient (Wildman–Crippen LogP) is 2.58. The summed E-state index contributed by atoms with van der Waals surface area (Å²) >= 11 is 0. The van der Waals surface area contributed by atoms with Crippen LogP contribution >= 0.6 is 0 Å². The average Bonchev–Trinajstić information content (AvgIpc) is 3.21. The van der Waals surface area contributed by atoms with Crippen molar-refractivity contribution in [2.75, 3.05) is 7.05 Å². The molecule has 2 aliphatic heterocycles. The molecular formula is C20H22NO3+. The van der Waals surface area contributed by atoms with Gasteiger partial charge in [0, 0.05) is 12.8 Å². The summed E-state index contributed by atoms with van der Waals surface area (Å²) in [4.78, 5) is 14.5. The smallest absolute Gasteiger partial charge is 0.197 e. The number of nitrogens with one attached hydrogen (secondary N) is 1. The highest BCUT2D eigenvalue weighted by atomic mass is 16.3. The standard InChI is InChI=1S/C20H21NO3/c1-12-4-6-14(23-12)10-16-18-8-9-19(21(18)3)17(20(16)22)11-15-7-5-13(2)24-15/h4-7,10-11,18-19H,8-9H2,1-3H3/p+1. The Balaban J connectivity index is 1.77. The molecular weight excluding hydrogens is 302 g/mol. The molecule has 2 saturated heterocycles. The number of carbonyl (C=O) groups excluding carboxylic acids is 1. The molecule has 2 atom stereocenters. The van der Waals surface area contributed by atoms with Gasteiger partial charge < -0.3 is 13.7 Å². The summed E-state index contributed by atoms with van der Waals surface area (Å²) in [5, 5.41) is 0. The molecule has 2 bridgehead atoms. The predicted molar refractivity (Wildman–Crippen MR) is 91.5 cm³/mol. The molecule has 2 aliphatic rings. The SMILES string of the molecule is Cc1ccc(C=C2C(=O)C(=Cc3ccc(C)o3)C3CCC2[NH+]3C)o1. The van der Waals surface area contributed by atoms with Crippen molar-refractivity contribution < 1.29 is 18.5 Å². The normalized spacial score (nSPS) is 29.8. The van der Waals surface area contributed by atoms with Crippen LogP contribution < -0.4 is 4.90 Å². The van der Waals surface area contributed by atoms with Crippen LogP contribution in [-0.2, 0) is 4.79 Å². The Kier molecular flexibility index (Phi) is 3.57. The third kappa shape index (κ3) is 2.47. The molecule has 4 nitrogen and oxygen atoms in total. The monoisotopic (exact) mass is 324 g/mol. The highest BCUT2D eigenvalue weighted by Crippen LogP contribution is 2.31. The molecule has 0 aliphatic carbocycles. The van der Waals surface area contributed by atoms with Gasteiger partial charge in [-0.1, -0.05) is 0 Å². The molecule has 1 N–H and O–H groups in total. The van der Waals surface area contributed by atoms with Crippen molar-refractivity contribution >= 4 is 17.9 Å². The molecule has 2 fully saturated rings. The van der Waals surface area contributed by atoms with Crippen molar-refractivity contribution in [2.24, 2.45) is 0 Å². The van der Waals surface area contributed by atoms with Crippen molar-refractivity contribution in [3.63, 3.8) is 0 Å². The Labute approximate surface area is 141 Å². The Morgan fingerprint density at radius 2 is 1.38 bits per heavy atom. The van der Waals surface area contributed by atoms with E-state index < -0.39 is 0 Å². The molecule has 0 amide bonds. The van der Waals surface area contributed by atoms with E-state index >= 15 is 0 Å². The Morgan fingerprint density at radius 1 is 0.917 bits per heavy atom. The first-order valence-electron chi connectivity index (χ1n) is 8.47. The van der Waals surface area contributed by atoms with E-state index in [1.165, 1.54) is 4.90 Å². The lowest BCUT2D eigenvalue weighted by Gasteiger charge is -2.31. The van der Waals surface area contributed by atoms with Gasteiger partial charge in [-0.3, -0.25) is 4.79 Å². The highest BCUT2D eigenvalue weighted by Gasteiger charge is 2.48. The summed E-state index contributed by atoms with van der Waals surface area (Å²) in [6, 6.07) is 8.20. The van der Waals surface area contributed by atoms with E-state index in [0.717, 1.165) is 47.0 Å². The second-order valence-corrected chi connectivity index (χ2v) is 6.85. The van der Waals surface area contributed by atoms with Gasteiger partial charge in [0.2, 0.25) is 0 Å². The molecule has 0 aromatic carbocycles. The van der Waals surface area contributed by atoms with Crippen LogP contribution in [0.1, 0.15) is 35.9 Å². The fourth-order valence-electron chi connectivity index (χ4n) is 4.02. The van der Waals surface area contributed by atoms with Crippen LogP contribution in [0.5, 0.6) is 0 Å². The van der Waals surface area contributed by atoms with Crippen LogP contribution in [-0.4, -0.2) is 24.9 Å². The molecule has 24 heavy (non-hydrogen) atoms. The van der Waals surface area contributed by atoms with Gasteiger partial charge in [0.25, 0.3) is 0 Å². The van der Waals surface area contributed by atoms with E-state index in [1.807, 2.05) is 50.3 Å². The van der Waals surface area contributed by atoms with Gasteiger partial charge in [-0.15, -0.1) is 0 Å². The number of ketones is 1. The summed E-state index contributed by atoms with van der Waals surface area (Å²) in [6.45, 7) is 3.83. The maximum absolute atomic E-state index is 13.1. The fourth-order valence-corrected chi connectivity index (χ4v) is 4.02. The molecule has 2 unspecified atom stereocenters. The first-order chi connectivity index (χ1) is 11.5. The number of likely N-dealkylation sites (N-methyl/N-ethyl adjacent to an activating group) is 1. The first kappa shape index (κ1) is 15.2. The van der Waals surface area contributed by atoms with Gasteiger partial charge in [0.1, 0.15) is 35.1 Å². The number of fused-ring (bicyclic) bond motifs is 2. The number of quaternary nitrogens is 1. The number of furan rings is 2. The van der Waals surface area contributed by atoms with E-state index in [0.29, 0.717) is 0 Å². The second kappa shape index (κ2) is 5.64. The van der Waals surface area contributed by atoms with Gasteiger partial charge in [0.15, 0.2) is 5.78 Å². The molecule has 2 aromatic heterocycles. The van der Waals surface area contributed by atoms with Crippen LogP contribution in [0.3, 0.4) is 0 Å². The number of Topliss-reactive ketones (excluding diaryl/α,β-unsaturated/α-hetero) is 1. The van der Waals surface area contributed by atoms with Crippen molar-refractivity contribution in [2.45, 2.75) is 38.8 Å². The van der Waals surface area contributed by atoms with Gasteiger partial charge in [0.05, 0.1) is 18.2 Å². The van der Waals surface area contributed by atoms with Crippen molar-refractivity contribution in [1.29, 1.82) is 0 Å². The maximum atomic E-state index is 13.1. The third-order valence-electron chi connectivity index (χ3n) is 5.24. The van der Waals surface area contributed by atoms with Crippen LogP contribution in [0.15, 0.2) is 44.2 Å². The van der Waals surface area contributed by atoms with E-state index in [1.54, 1.807) is 0 Å². The zero-order valence-corrected chi connectivity index (χ0v) is 14.3. The molecule has 124 valence electrons.